The third kappa shape index (κ3) is 7.55. The standard InChI is InChI=1S/C26H40ClNO2/c1-2-3-4-5-6-7-8-20-9-11-21(12-10-20)22-13-15-23(16-14-22)26(29)30-24-17-18-25(27)28-19-24/h17-23H,2-16H2,1H3/t20-,21-,22-,23-. The molecule has 0 radical (unpaired) electrons. The summed E-state index contributed by atoms with van der Waals surface area (Å²) >= 11 is 5.79. The second kappa shape index (κ2) is 12.7. The van der Waals surface area contributed by atoms with Crippen LogP contribution in [0, 0.1) is 23.7 Å². The lowest BCUT2D eigenvalue weighted by Crippen LogP contribution is -2.30. The predicted octanol–water partition coefficient (Wildman–Crippen LogP) is 8.00. The van der Waals surface area contributed by atoms with Crippen LogP contribution in [0.4, 0.5) is 0 Å². The second-order valence-corrected chi connectivity index (χ2v) is 10.1. The molecule has 2 saturated carbocycles. The van der Waals surface area contributed by atoms with Crippen LogP contribution in [0.1, 0.15) is 103 Å². The topological polar surface area (TPSA) is 39.2 Å². The van der Waals surface area contributed by atoms with Crippen molar-refractivity contribution in [2.45, 2.75) is 103 Å². The second-order valence-electron chi connectivity index (χ2n) is 9.69. The Morgan fingerprint density at radius 2 is 1.57 bits per heavy atom. The van der Waals surface area contributed by atoms with E-state index in [9.17, 15) is 4.79 Å². The molecule has 0 bridgehead atoms. The van der Waals surface area contributed by atoms with E-state index in [0.29, 0.717) is 10.9 Å². The summed E-state index contributed by atoms with van der Waals surface area (Å²) in [7, 11) is 0. The fraction of sp³-hybridized carbons (Fsp3) is 0.769. The van der Waals surface area contributed by atoms with E-state index >= 15 is 0 Å². The molecule has 0 aromatic carbocycles. The minimum Gasteiger partial charge on any atom is -0.425 e. The molecular weight excluding hydrogens is 394 g/mol. The van der Waals surface area contributed by atoms with E-state index in [2.05, 4.69) is 11.9 Å². The predicted molar refractivity (Wildman–Crippen MR) is 124 cm³/mol. The maximum atomic E-state index is 12.5. The van der Waals surface area contributed by atoms with Crippen molar-refractivity contribution in [2.24, 2.45) is 23.7 Å². The minimum atomic E-state index is -0.0970. The highest BCUT2D eigenvalue weighted by Crippen LogP contribution is 2.42. The summed E-state index contributed by atoms with van der Waals surface area (Å²) < 4.78 is 5.51. The van der Waals surface area contributed by atoms with Crippen LogP contribution in [0.5, 0.6) is 5.75 Å². The van der Waals surface area contributed by atoms with E-state index in [1.165, 1.54) is 89.7 Å². The van der Waals surface area contributed by atoms with Crippen molar-refractivity contribution in [1.29, 1.82) is 0 Å². The van der Waals surface area contributed by atoms with Crippen molar-refractivity contribution < 1.29 is 9.53 Å². The zero-order valence-corrected chi connectivity index (χ0v) is 19.5. The highest BCUT2D eigenvalue weighted by Gasteiger charge is 2.33. The molecule has 4 heteroatoms. The van der Waals surface area contributed by atoms with E-state index < -0.39 is 0 Å². The van der Waals surface area contributed by atoms with Gasteiger partial charge in [-0.05, 0) is 68.4 Å². The van der Waals surface area contributed by atoms with Gasteiger partial charge < -0.3 is 4.74 Å². The molecule has 1 aromatic heterocycles. The highest BCUT2D eigenvalue weighted by atomic mass is 35.5. The molecule has 0 N–H and O–H groups in total. The van der Waals surface area contributed by atoms with Gasteiger partial charge in [0.15, 0.2) is 0 Å². The molecule has 1 heterocycles. The first-order valence-corrected chi connectivity index (χ1v) is 12.9. The lowest BCUT2D eigenvalue weighted by molar-refractivity contribution is -0.140. The number of carbonyl (C=O) groups excluding carboxylic acids is 1. The van der Waals surface area contributed by atoms with Gasteiger partial charge >= 0.3 is 5.97 Å². The van der Waals surface area contributed by atoms with Crippen LogP contribution in [0.2, 0.25) is 5.15 Å². The largest absolute Gasteiger partial charge is 0.425 e. The first-order valence-electron chi connectivity index (χ1n) is 12.5. The number of esters is 1. The van der Waals surface area contributed by atoms with E-state index in [0.717, 1.165) is 30.6 Å². The Morgan fingerprint density at radius 3 is 2.20 bits per heavy atom. The molecule has 0 aliphatic heterocycles. The Bertz CT molecular complexity index is 616. The summed E-state index contributed by atoms with van der Waals surface area (Å²) in [5.41, 5.74) is 0. The molecule has 0 spiro atoms. The molecule has 2 aliphatic carbocycles. The van der Waals surface area contributed by atoms with Crippen LogP contribution in [-0.4, -0.2) is 11.0 Å². The van der Waals surface area contributed by atoms with Crippen molar-refractivity contribution in [1.82, 2.24) is 4.98 Å². The monoisotopic (exact) mass is 433 g/mol. The molecule has 2 aliphatic rings. The Kier molecular flexibility index (Phi) is 9.97. The zero-order chi connectivity index (χ0) is 21.2. The van der Waals surface area contributed by atoms with Gasteiger partial charge in [-0.15, -0.1) is 0 Å². The number of aromatic nitrogens is 1. The summed E-state index contributed by atoms with van der Waals surface area (Å²) in [6.07, 6.45) is 21.5. The number of pyridine rings is 1. The average Bonchev–Trinajstić information content (AvgIpc) is 2.78. The third-order valence-electron chi connectivity index (χ3n) is 7.55. The molecule has 30 heavy (non-hydrogen) atoms. The summed E-state index contributed by atoms with van der Waals surface area (Å²) in [6, 6.07) is 3.37. The van der Waals surface area contributed by atoms with Gasteiger partial charge in [0, 0.05) is 0 Å². The number of hydrogen-bond acceptors (Lipinski definition) is 3. The SMILES string of the molecule is CCCCCCCC[C@H]1CC[C@H]([C@H]2CC[C@H](C(=O)Oc3ccc(Cl)nc3)CC2)CC1. The van der Waals surface area contributed by atoms with Crippen molar-refractivity contribution in [3.05, 3.63) is 23.5 Å². The number of rotatable bonds is 10. The fourth-order valence-corrected chi connectivity index (χ4v) is 5.72. The number of ether oxygens (including phenoxy) is 1. The van der Waals surface area contributed by atoms with Crippen molar-refractivity contribution >= 4 is 17.6 Å². The van der Waals surface area contributed by atoms with Crippen LogP contribution >= 0.6 is 11.6 Å². The number of nitrogens with zero attached hydrogens (tertiary/aromatic N) is 1. The number of carbonyl (C=O) groups is 1. The molecule has 1 aromatic rings. The maximum absolute atomic E-state index is 12.5. The summed E-state index contributed by atoms with van der Waals surface area (Å²) in [5.74, 6) is 3.13. The average molecular weight is 434 g/mol. The zero-order valence-electron chi connectivity index (χ0n) is 18.8. The van der Waals surface area contributed by atoms with E-state index in [4.69, 9.17) is 16.3 Å². The van der Waals surface area contributed by atoms with Gasteiger partial charge in [0.1, 0.15) is 10.9 Å². The van der Waals surface area contributed by atoms with Crippen molar-refractivity contribution in [3.63, 3.8) is 0 Å². The highest BCUT2D eigenvalue weighted by molar-refractivity contribution is 6.29. The molecule has 0 saturated heterocycles. The number of hydrogen-bond donors (Lipinski definition) is 0. The molecule has 168 valence electrons. The molecule has 0 amide bonds. The van der Waals surface area contributed by atoms with Gasteiger partial charge in [0.2, 0.25) is 0 Å². The summed E-state index contributed by atoms with van der Waals surface area (Å²) in [5, 5.41) is 0.414. The third-order valence-corrected chi connectivity index (χ3v) is 7.77. The first-order chi connectivity index (χ1) is 14.7. The number of unbranched alkanes of at least 4 members (excludes halogenated alkanes) is 5. The summed E-state index contributed by atoms with van der Waals surface area (Å²) in [4.78, 5) is 16.5. The van der Waals surface area contributed by atoms with Gasteiger partial charge in [0.05, 0.1) is 12.1 Å². The van der Waals surface area contributed by atoms with E-state index in [1.807, 2.05) is 0 Å². The van der Waals surface area contributed by atoms with Gasteiger partial charge in [0.25, 0.3) is 0 Å². The Balaban J connectivity index is 1.30. The van der Waals surface area contributed by atoms with E-state index in [-0.39, 0.29) is 11.9 Å². The molecule has 0 atom stereocenters. The smallest absolute Gasteiger partial charge is 0.314 e. The van der Waals surface area contributed by atoms with Gasteiger partial charge in [-0.3, -0.25) is 4.79 Å². The van der Waals surface area contributed by atoms with Crippen LogP contribution in [0.3, 0.4) is 0 Å². The lowest BCUT2D eigenvalue weighted by Gasteiger charge is -2.37. The van der Waals surface area contributed by atoms with Gasteiger partial charge in [-0.1, -0.05) is 76.3 Å². The van der Waals surface area contributed by atoms with Gasteiger partial charge in [-0.25, -0.2) is 4.98 Å². The quantitative estimate of drug-likeness (QED) is 0.213. The van der Waals surface area contributed by atoms with Crippen LogP contribution in [0.25, 0.3) is 0 Å². The van der Waals surface area contributed by atoms with E-state index in [1.54, 1.807) is 12.1 Å². The van der Waals surface area contributed by atoms with Crippen molar-refractivity contribution in [3.8, 4) is 5.75 Å². The van der Waals surface area contributed by atoms with Gasteiger partial charge in [-0.2, -0.15) is 0 Å². The Labute approximate surface area is 188 Å². The molecule has 0 unspecified atom stereocenters. The molecule has 3 rings (SSSR count). The van der Waals surface area contributed by atoms with Crippen LogP contribution < -0.4 is 4.74 Å². The molecular formula is C26H40ClNO2. The molecule has 3 nitrogen and oxygen atoms in total. The van der Waals surface area contributed by atoms with Crippen molar-refractivity contribution in [2.75, 3.05) is 0 Å². The first kappa shape index (κ1) is 23.6. The maximum Gasteiger partial charge on any atom is 0.314 e. The normalized spacial score (nSPS) is 27.0. The summed E-state index contributed by atoms with van der Waals surface area (Å²) in [6.45, 7) is 2.29. The Morgan fingerprint density at radius 1 is 0.933 bits per heavy atom. The lowest BCUT2D eigenvalue weighted by atomic mass is 9.68. The fourth-order valence-electron chi connectivity index (χ4n) is 5.61. The molecule has 2 fully saturated rings. The van der Waals surface area contributed by atoms with Crippen LogP contribution in [-0.2, 0) is 4.79 Å². The minimum absolute atomic E-state index is 0.0426. The Hall–Kier alpha value is -1.09. The van der Waals surface area contributed by atoms with Crippen LogP contribution in [0.15, 0.2) is 18.3 Å². The number of halogens is 1.